The van der Waals surface area contributed by atoms with E-state index in [4.69, 9.17) is 0 Å². The predicted molar refractivity (Wildman–Crippen MR) is 94.6 cm³/mol. The molecule has 1 heterocycles. The zero-order valence-corrected chi connectivity index (χ0v) is 15.6. The number of anilines is 1. The second-order valence-electron chi connectivity index (χ2n) is 6.39. The molecule has 1 saturated heterocycles. The van der Waals surface area contributed by atoms with Crippen molar-refractivity contribution in [3.63, 3.8) is 0 Å². The number of carbonyl (C=O) groups is 1. The second kappa shape index (κ2) is 7.60. The monoisotopic (exact) mass is 354 g/mol. The fourth-order valence-corrected chi connectivity index (χ4v) is 3.43. The van der Waals surface area contributed by atoms with Crippen molar-refractivity contribution in [3.05, 3.63) is 23.8 Å². The van der Waals surface area contributed by atoms with Crippen LogP contribution in [-0.4, -0.2) is 82.3 Å². The lowest BCUT2D eigenvalue weighted by molar-refractivity contribution is -0.117. The highest BCUT2D eigenvalue weighted by Gasteiger charge is 2.20. The number of likely N-dealkylation sites (N-methyl/N-ethyl adjacent to an activating group) is 1. The first-order valence-corrected chi connectivity index (χ1v) is 9.38. The van der Waals surface area contributed by atoms with E-state index in [1.165, 1.54) is 20.2 Å². The Kier molecular flexibility index (Phi) is 5.97. The predicted octanol–water partition coefficient (Wildman–Crippen LogP) is 0.431. The number of nitrogens with one attached hydrogen (secondary N) is 1. The van der Waals surface area contributed by atoms with E-state index >= 15 is 0 Å². The van der Waals surface area contributed by atoms with Gasteiger partial charge in [-0.3, -0.25) is 9.69 Å². The normalized spacial score (nSPS) is 17.2. The Bertz CT molecular complexity index is 695. The van der Waals surface area contributed by atoms with Gasteiger partial charge in [0.05, 0.1) is 11.4 Å². The molecular weight excluding hydrogens is 328 g/mol. The molecule has 0 aromatic heterocycles. The summed E-state index contributed by atoms with van der Waals surface area (Å²) in [6, 6.07) is 4.79. The lowest BCUT2D eigenvalue weighted by Gasteiger charge is -2.31. The second-order valence-corrected chi connectivity index (χ2v) is 8.54. The minimum absolute atomic E-state index is 0.123. The maximum atomic E-state index is 12.3. The van der Waals surface area contributed by atoms with Gasteiger partial charge in [0.15, 0.2) is 0 Å². The Hall–Kier alpha value is -1.48. The molecule has 0 bridgehead atoms. The van der Waals surface area contributed by atoms with Crippen LogP contribution in [-0.2, 0) is 14.8 Å². The number of hydrogen-bond acceptors (Lipinski definition) is 5. The van der Waals surface area contributed by atoms with Gasteiger partial charge in [-0.2, -0.15) is 0 Å². The number of aryl methyl sites for hydroxylation is 1. The average Bonchev–Trinajstić information content (AvgIpc) is 2.51. The van der Waals surface area contributed by atoms with Gasteiger partial charge in [0, 0.05) is 46.0 Å². The van der Waals surface area contributed by atoms with Crippen molar-refractivity contribution in [3.8, 4) is 0 Å². The molecule has 1 N–H and O–H groups in total. The molecule has 0 atom stereocenters. The Morgan fingerprint density at radius 2 is 1.83 bits per heavy atom. The lowest BCUT2D eigenvalue weighted by atomic mass is 10.2. The number of sulfonamides is 1. The Balaban J connectivity index is 2.07. The highest BCUT2D eigenvalue weighted by molar-refractivity contribution is 7.89. The molecule has 0 spiro atoms. The molecule has 0 aliphatic carbocycles. The summed E-state index contributed by atoms with van der Waals surface area (Å²) in [5, 5.41) is 2.84. The van der Waals surface area contributed by atoms with Gasteiger partial charge < -0.3 is 10.2 Å². The van der Waals surface area contributed by atoms with Gasteiger partial charge in [-0.05, 0) is 31.7 Å². The van der Waals surface area contributed by atoms with E-state index in [0.717, 1.165) is 36.0 Å². The number of piperazine rings is 1. The standard InChI is InChI=1S/C16H26N4O3S/c1-13-5-6-14(24(22,23)18(2)3)11-15(13)17-16(21)12-20-9-7-19(4)8-10-20/h5-6,11H,7-10,12H2,1-4H3,(H,17,21). The van der Waals surface area contributed by atoms with Crippen LogP contribution in [0.15, 0.2) is 23.1 Å². The van der Waals surface area contributed by atoms with Crippen molar-refractivity contribution in [2.24, 2.45) is 0 Å². The number of hydrogen-bond donors (Lipinski definition) is 1. The van der Waals surface area contributed by atoms with Crippen LogP contribution in [0.5, 0.6) is 0 Å². The Morgan fingerprint density at radius 1 is 1.21 bits per heavy atom. The van der Waals surface area contributed by atoms with Gasteiger partial charge in [-0.15, -0.1) is 0 Å². The summed E-state index contributed by atoms with van der Waals surface area (Å²) < 4.78 is 25.6. The smallest absolute Gasteiger partial charge is 0.242 e. The minimum Gasteiger partial charge on any atom is -0.325 e. The summed E-state index contributed by atoms with van der Waals surface area (Å²) in [7, 11) is 1.52. The molecule has 7 nitrogen and oxygen atoms in total. The van der Waals surface area contributed by atoms with E-state index in [9.17, 15) is 13.2 Å². The van der Waals surface area contributed by atoms with Gasteiger partial charge in [0.25, 0.3) is 0 Å². The number of benzene rings is 1. The Labute approximate surface area is 144 Å². The van der Waals surface area contributed by atoms with Crippen molar-refractivity contribution >= 4 is 21.6 Å². The molecule has 1 amide bonds. The molecule has 1 aliphatic rings. The fourth-order valence-electron chi connectivity index (χ4n) is 2.51. The molecule has 0 radical (unpaired) electrons. The summed E-state index contributed by atoms with van der Waals surface area (Å²) in [6.07, 6.45) is 0. The summed E-state index contributed by atoms with van der Waals surface area (Å²) in [5.41, 5.74) is 1.37. The quantitative estimate of drug-likeness (QED) is 0.830. The van der Waals surface area contributed by atoms with Crippen molar-refractivity contribution in [1.29, 1.82) is 0 Å². The summed E-state index contributed by atoms with van der Waals surface area (Å²) in [6.45, 7) is 5.77. The van der Waals surface area contributed by atoms with Crippen LogP contribution in [0.2, 0.25) is 0 Å². The van der Waals surface area contributed by atoms with Gasteiger partial charge in [0.1, 0.15) is 0 Å². The average molecular weight is 354 g/mol. The molecule has 0 saturated carbocycles. The topological polar surface area (TPSA) is 73.0 Å². The van der Waals surface area contributed by atoms with Crippen molar-refractivity contribution in [2.75, 3.05) is 59.2 Å². The first-order valence-electron chi connectivity index (χ1n) is 7.94. The molecule has 1 fully saturated rings. The first kappa shape index (κ1) is 18.9. The minimum atomic E-state index is -3.52. The van der Waals surface area contributed by atoms with Crippen molar-refractivity contribution in [1.82, 2.24) is 14.1 Å². The van der Waals surface area contributed by atoms with Crippen LogP contribution in [0.4, 0.5) is 5.69 Å². The Morgan fingerprint density at radius 3 is 2.42 bits per heavy atom. The van der Waals surface area contributed by atoms with Crippen LogP contribution < -0.4 is 5.32 Å². The maximum absolute atomic E-state index is 12.3. The van der Waals surface area contributed by atoms with E-state index in [2.05, 4.69) is 22.2 Å². The zero-order valence-electron chi connectivity index (χ0n) is 14.7. The molecule has 2 rings (SSSR count). The third kappa shape index (κ3) is 4.54. The van der Waals surface area contributed by atoms with Crippen LogP contribution in [0.1, 0.15) is 5.56 Å². The fraction of sp³-hybridized carbons (Fsp3) is 0.562. The number of amides is 1. The molecule has 0 unspecified atom stereocenters. The van der Waals surface area contributed by atoms with E-state index in [1.807, 2.05) is 6.92 Å². The van der Waals surface area contributed by atoms with Gasteiger partial charge >= 0.3 is 0 Å². The summed E-state index contributed by atoms with van der Waals surface area (Å²) in [4.78, 5) is 16.8. The van der Waals surface area contributed by atoms with E-state index in [0.29, 0.717) is 12.2 Å². The number of carbonyl (C=O) groups excluding carboxylic acids is 1. The van der Waals surface area contributed by atoms with Crippen molar-refractivity contribution in [2.45, 2.75) is 11.8 Å². The molecular formula is C16H26N4O3S. The molecule has 1 aromatic carbocycles. The molecule has 24 heavy (non-hydrogen) atoms. The zero-order chi connectivity index (χ0) is 17.9. The van der Waals surface area contributed by atoms with E-state index < -0.39 is 10.0 Å². The summed E-state index contributed by atoms with van der Waals surface area (Å²) in [5.74, 6) is -0.123. The first-order chi connectivity index (χ1) is 11.2. The maximum Gasteiger partial charge on any atom is 0.242 e. The van der Waals surface area contributed by atoms with Gasteiger partial charge in [0.2, 0.25) is 15.9 Å². The van der Waals surface area contributed by atoms with Crippen LogP contribution in [0.25, 0.3) is 0 Å². The molecule has 1 aliphatic heterocycles. The van der Waals surface area contributed by atoms with Gasteiger partial charge in [-0.1, -0.05) is 6.07 Å². The van der Waals surface area contributed by atoms with Crippen molar-refractivity contribution < 1.29 is 13.2 Å². The van der Waals surface area contributed by atoms with E-state index in [1.54, 1.807) is 12.1 Å². The highest BCUT2D eigenvalue weighted by atomic mass is 32.2. The van der Waals surface area contributed by atoms with Gasteiger partial charge in [-0.25, -0.2) is 12.7 Å². The number of nitrogens with zero attached hydrogens (tertiary/aromatic N) is 3. The third-order valence-corrected chi connectivity index (χ3v) is 6.04. The highest BCUT2D eigenvalue weighted by Crippen LogP contribution is 2.22. The number of rotatable bonds is 5. The molecule has 8 heteroatoms. The molecule has 134 valence electrons. The molecule has 1 aromatic rings. The van der Waals surface area contributed by atoms with E-state index in [-0.39, 0.29) is 10.8 Å². The summed E-state index contributed by atoms with van der Waals surface area (Å²) >= 11 is 0. The third-order valence-electron chi connectivity index (χ3n) is 4.22. The largest absolute Gasteiger partial charge is 0.325 e. The SMILES string of the molecule is Cc1ccc(S(=O)(=O)N(C)C)cc1NC(=O)CN1CCN(C)CC1. The van der Waals surface area contributed by atoms with Crippen LogP contribution in [0.3, 0.4) is 0 Å². The van der Waals surface area contributed by atoms with Crippen LogP contribution >= 0.6 is 0 Å². The lowest BCUT2D eigenvalue weighted by Crippen LogP contribution is -2.47. The van der Waals surface area contributed by atoms with Crippen LogP contribution in [0, 0.1) is 6.92 Å².